The molecule has 1 aromatic carbocycles. The quantitative estimate of drug-likeness (QED) is 0.431. The highest BCUT2D eigenvalue weighted by Crippen LogP contribution is 2.27. The average Bonchev–Trinajstić information content (AvgIpc) is 2.65. The van der Waals surface area contributed by atoms with Crippen LogP contribution in [0.4, 0.5) is 11.6 Å². The van der Waals surface area contributed by atoms with Crippen molar-refractivity contribution in [3.05, 3.63) is 24.3 Å². The zero-order chi connectivity index (χ0) is 9.71. The Hall–Kier alpha value is -2.10. The molecule has 2 heterocycles. The Morgan fingerprint density at radius 3 is 1.64 bits per heavy atom. The van der Waals surface area contributed by atoms with Crippen molar-refractivity contribution in [1.82, 2.24) is 9.97 Å². The first-order valence-corrected chi connectivity index (χ1v) is 4.39. The van der Waals surface area contributed by atoms with Crippen LogP contribution in [0.25, 0.3) is 21.8 Å². The molecule has 0 aliphatic carbocycles. The summed E-state index contributed by atoms with van der Waals surface area (Å²) in [6, 6.07) is 7.82. The summed E-state index contributed by atoms with van der Waals surface area (Å²) in [7, 11) is 0. The van der Waals surface area contributed by atoms with Crippen LogP contribution in [0, 0.1) is 0 Å². The van der Waals surface area contributed by atoms with Gasteiger partial charge in [0.15, 0.2) is 0 Å². The van der Waals surface area contributed by atoms with E-state index in [0.29, 0.717) is 11.6 Å². The fourth-order valence-corrected chi connectivity index (χ4v) is 1.86. The Balaban J connectivity index is 2.58. The van der Waals surface area contributed by atoms with E-state index in [-0.39, 0.29) is 0 Å². The van der Waals surface area contributed by atoms with Crippen molar-refractivity contribution < 1.29 is 0 Å². The second kappa shape index (κ2) is 2.23. The molecular formula is C10H10N4. The summed E-state index contributed by atoms with van der Waals surface area (Å²) in [4.78, 5) is 6.17. The Morgan fingerprint density at radius 2 is 1.21 bits per heavy atom. The lowest BCUT2D eigenvalue weighted by atomic mass is 10.2. The van der Waals surface area contributed by atoms with Gasteiger partial charge in [-0.2, -0.15) is 0 Å². The maximum Gasteiger partial charge on any atom is 0.101 e. The van der Waals surface area contributed by atoms with Crippen molar-refractivity contribution in [2.24, 2.45) is 0 Å². The topological polar surface area (TPSA) is 83.6 Å². The zero-order valence-corrected chi connectivity index (χ0v) is 7.46. The molecule has 0 unspecified atom stereocenters. The first-order valence-electron chi connectivity index (χ1n) is 4.39. The second-order valence-corrected chi connectivity index (χ2v) is 3.44. The summed E-state index contributed by atoms with van der Waals surface area (Å²) in [6.45, 7) is 0. The van der Waals surface area contributed by atoms with E-state index >= 15 is 0 Å². The van der Waals surface area contributed by atoms with E-state index in [1.54, 1.807) is 0 Å². The number of nitrogen functional groups attached to an aromatic ring is 2. The van der Waals surface area contributed by atoms with E-state index in [0.717, 1.165) is 21.8 Å². The third kappa shape index (κ3) is 0.821. The Kier molecular flexibility index (Phi) is 1.16. The van der Waals surface area contributed by atoms with Gasteiger partial charge in [0.1, 0.15) is 11.6 Å². The summed E-state index contributed by atoms with van der Waals surface area (Å²) in [5, 5.41) is 2.21. The van der Waals surface area contributed by atoms with Crippen LogP contribution in [0.5, 0.6) is 0 Å². The lowest BCUT2D eigenvalue weighted by Gasteiger charge is -1.90. The molecule has 70 valence electrons. The molecule has 0 saturated heterocycles. The predicted octanol–water partition coefficient (Wildman–Crippen LogP) is 1.81. The third-order valence-corrected chi connectivity index (χ3v) is 2.44. The van der Waals surface area contributed by atoms with Crippen molar-refractivity contribution >= 4 is 33.4 Å². The first kappa shape index (κ1) is 7.32. The number of hydrogen-bond acceptors (Lipinski definition) is 2. The first-order chi connectivity index (χ1) is 6.74. The van der Waals surface area contributed by atoms with Crippen LogP contribution < -0.4 is 11.5 Å². The smallest absolute Gasteiger partial charge is 0.101 e. The van der Waals surface area contributed by atoms with Gasteiger partial charge in [-0.05, 0) is 24.3 Å². The molecule has 0 bridgehead atoms. The van der Waals surface area contributed by atoms with Crippen molar-refractivity contribution in [1.29, 1.82) is 0 Å². The number of anilines is 2. The number of fused-ring (bicyclic) bond motifs is 3. The number of nitrogens with one attached hydrogen (secondary N) is 2. The molecule has 4 heteroatoms. The molecule has 0 fully saturated rings. The van der Waals surface area contributed by atoms with Crippen LogP contribution in [0.3, 0.4) is 0 Å². The molecule has 3 aromatic rings. The number of aromatic amines is 2. The van der Waals surface area contributed by atoms with Gasteiger partial charge in [-0.25, -0.2) is 0 Å². The van der Waals surface area contributed by atoms with E-state index in [1.165, 1.54) is 0 Å². The highest BCUT2D eigenvalue weighted by Gasteiger charge is 2.05. The number of aromatic nitrogens is 2. The Labute approximate surface area is 79.9 Å². The van der Waals surface area contributed by atoms with Gasteiger partial charge in [0, 0.05) is 21.8 Å². The van der Waals surface area contributed by atoms with Gasteiger partial charge in [-0.1, -0.05) is 0 Å². The summed E-state index contributed by atoms with van der Waals surface area (Å²) in [5.41, 5.74) is 13.5. The minimum absolute atomic E-state index is 0.673. The van der Waals surface area contributed by atoms with Gasteiger partial charge in [0.25, 0.3) is 0 Å². The molecule has 4 nitrogen and oxygen atoms in total. The molecule has 0 amide bonds. The fraction of sp³-hybridized carbons (Fsp3) is 0. The molecule has 0 aliphatic rings. The molecule has 0 atom stereocenters. The monoisotopic (exact) mass is 186 g/mol. The van der Waals surface area contributed by atoms with E-state index in [2.05, 4.69) is 9.97 Å². The lowest BCUT2D eigenvalue weighted by Crippen LogP contribution is -1.80. The molecule has 0 radical (unpaired) electrons. The Bertz CT molecular complexity index is 562. The highest BCUT2D eigenvalue weighted by molar-refractivity contribution is 6.07. The van der Waals surface area contributed by atoms with Gasteiger partial charge in [-0.3, -0.25) is 0 Å². The summed E-state index contributed by atoms with van der Waals surface area (Å²) in [6.07, 6.45) is 0. The van der Waals surface area contributed by atoms with Crippen LogP contribution in [0.15, 0.2) is 24.3 Å². The third-order valence-electron chi connectivity index (χ3n) is 2.44. The summed E-state index contributed by atoms with van der Waals surface area (Å²) >= 11 is 0. The van der Waals surface area contributed by atoms with Crippen molar-refractivity contribution in [2.45, 2.75) is 0 Å². The van der Waals surface area contributed by atoms with Crippen LogP contribution in [-0.2, 0) is 0 Å². The number of H-pyrrole nitrogens is 2. The SMILES string of the molecule is Nc1cc2c(ccc3[nH]c(N)cc32)[nH]1. The van der Waals surface area contributed by atoms with Crippen LogP contribution >= 0.6 is 0 Å². The van der Waals surface area contributed by atoms with Crippen molar-refractivity contribution in [3.63, 3.8) is 0 Å². The van der Waals surface area contributed by atoms with E-state index < -0.39 is 0 Å². The molecular weight excluding hydrogens is 176 g/mol. The van der Waals surface area contributed by atoms with Gasteiger partial charge in [0.2, 0.25) is 0 Å². The van der Waals surface area contributed by atoms with Gasteiger partial charge in [-0.15, -0.1) is 0 Å². The van der Waals surface area contributed by atoms with Gasteiger partial charge < -0.3 is 21.4 Å². The second-order valence-electron chi connectivity index (χ2n) is 3.44. The molecule has 0 aliphatic heterocycles. The fourth-order valence-electron chi connectivity index (χ4n) is 1.86. The minimum atomic E-state index is 0.673. The van der Waals surface area contributed by atoms with E-state index in [1.807, 2.05) is 24.3 Å². The molecule has 0 spiro atoms. The molecule has 14 heavy (non-hydrogen) atoms. The van der Waals surface area contributed by atoms with Crippen LogP contribution in [-0.4, -0.2) is 9.97 Å². The van der Waals surface area contributed by atoms with Crippen molar-refractivity contribution in [2.75, 3.05) is 11.5 Å². The van der Waals surface area contributed by atoms with E-state index in [9.17, 15) is 0 Å². The number of rotatable bonds is 0. The van der Waals surface area contributed by atoms with Crippen LogP contribution in [0.1, 0.15) is 0 Å². The number of benzene rings is 1. The number of hydrogen-bond donors (Lipinski definition) is 4. The number of nitrogens with two attached hydrogens (primary N) is 2. The standard InChI is InChI=1S/C10H10N4/c11-9-3-5-6-4-10(12)14-8(6)2-1-7(5)13-9/h1-4,13-14H,11-12H2. The van der Waals surface area contributed by atoms with E-state index in [4.69, 9.17) is 11.5 Å². The zero-order valence-electron chi connectivity index (χ0n) is 7.46. The molecule has 3 rings (SSSR count). The van der Waals surface area contributed by atoms with Crippen LogP contribution in [0.2, 0.25) is 0 Å². The average molecular weight is 186 g/mol. The van der Waals surface area contributed by atoms with Crippen molar-refractivity contribution in [3.8, 4) is 0 Å². The predicted molar refractivity (Wildman–Crippen MR) is 59.0 cm³/mol. The maximum absolute atomic E-state index is 5.69. The molecule has 6 N–H and O–H groups in total. The normalized spacial score (nSPS) is 11.4. The highest BCUT2D eigenvalue weighted by atomic mass is 14.9. The maximum atomic E-state index is 5.69. The Morgan fingerprint density at radius 1 is 0.786 bits per heavy atom. The summed E-state index contributed by atoms with van der Waals surface area (Å²) < 4.78 is 0. The largest absolute Gasteiger partial charge is 0.385 e. The van der Waals surface area contributed by atoms with Gasteiger partial charge >= 0.3 is 0 Å². The molecule has 0 saturated carbocycles. The minimum Gasteiger partial charge on any atom is -0.385 e. The van der Waals surface area contributed by atoms with Gasteiger partial charge in [0.05, 0.1) is 0 Å². The lowest BCUT2D eigenvalue weighted by molar-refractivity contribution is 1.46. The summed E-state index contributed by atoms with van der Waals surface area (Å²) in [5.74, 6) is 1.35. The molecule has 2 aromatic heterocycles.